The lowest BCUT2D eigenvalue weighted by molar-refractivity contribution is -0.215. The van der Waals surface area contributed by atoms with Gasteiger partial charge in [0, 0.05) is 67.4 Å². The molecule has 234 valence electrons. The first-order valence-electron chi connectivity index (χ1n) is 14.3. The van der Waals surface area contributed by atoms with Crippen molar-refractivity contribution >= 4 is 38.7 Å². The number of nitriles is 1. The lowest BCUT2D eigenvalue weighted by Gasteiger charge is -2.61. The van der Waals surface area contributed by atoms with E-state index < -0.39 is 36.6 Å². The second-order valence-electron chi connectivity index (χ2n) is 12.1. The van der Waals surface area contributed by atoms with Gasteiger partial charge in [-0.1, -0.05) is 11.3 Å². The molecular formula is C31H27F5N6O2S. The number of hydrogen-bond donors (Lipinski definition) is 2. The van der Waals surface area contributed by atoms with Crippen LogP contribution in [0, 0.1) is 28.4 Å². The van der Waals surface area contributed by atoms with E-state index in [4.69, 9.17) is 4.98 Å². The molecule has 1 aliphatic carbocycles. The summed E-state index contributed by atoms with van der Waals surface area (Å²) in [7, 11) is 1.76. The van der Waals surface area contributed by atoms with E-state index >= 15 is 4.39 Å². The molecule has 14 heteroatoms. The Kier molecular flexibility index (Phi) is 7.01. The molecular weight excluding hydrogens is 615 g/mol. The van der Waals surface area contributed by atoms with Crippen molar-refractivity contribution in [3.05, 3.63) is 64.2 Å². The van der Waals surface area contributed by atoms with E-state index in [0.717, 1.165) is 16.9 Å². The number of rotatable bonds is 6. The highest BCUT2D eigenvalue weighted by molar-refractivity contribution is 7.16. The van der Waals surface area contributed by atoms with Crippen LogP contribution in [0.1, 0.15) is 28.7 Å². The van der Waals surface area contributed by atoms with Crippen LogP contribution >= 0.6 is 11.3 Å². The number of hydrogen-bond acceptors (Lipinski definition) is 9. The van der Waals surface area contributed by atoms with Crippen molar-refractivity contribution in [1.29, 1.82) is 5.26 Å². The first-order valence-corrected chi connectivity index (χ1v) is 15.1. The molecule has 0 radical (unpaired) electrons. The molecule has 2 fully saturated rings. The molecule has 1 spiro atoms. The van der Waals surface area contributed by atoms with Crippen molar-refractivity contribution in [1.82, 2.24) is 14.9 Å². The van der Waals surface area contributed by atoms with Gasteiger partial charge in [-0.15, -0.1) is 0 Å². The number of β-amino-alcohol motifs (C(OH)–C–C–N with tert-alkyl or cyclic N) is 1. The molecule has 0 bridgehead atoms. The molecule has 2 N–H and O–H groups in total. The average Bonchev–Trinajstić information content (AvgIpc) is 3.55. The molecule has 2 atom stereocenters. The number of fused-ring (bicyclic) bond motifs is 2. The Morgan fingerprint density at radius 1 is 1.13 bits per heavy atom. The molecule has 8 nitrogen and oxygen atoms in total. The Morgan fingerprint density at radius 3 is 2.51 bits per heavy atom. The van der Waals surface area contributed by atoms with E-state index in [1.165, 1.54) is 18.2 Å². The van der Waals surface area contributed by atoms with Gasteiger partial charge in [0.1, 0.15) is 28.0 Å². The number of likely N-dealkylation sites (tertiary alicyclic amines) is 1. The number of aromatic nitrogens is 2. The van der Waals surface area contributed by atoms with Gasteiger partial charge in [0.25, 0.3) is 0 Å². The first-order chi connectivity index (χ1) is 21.4. The smallest absolute Gasteiger partial charge is 0.387 e. The average molecular weight is 643 g/mol. The van der Waals surface area contributed by atoms with E-state index in [9.17, 15) is 33.0 Å². The van der Waals surface area contributed by atoms with Crippen LogP contribution in [-0.4, -0.2) is 77.1 Å². The van der Waals surface area contributed by atoms with Gasteiger partial charge in [-0.25, -0.2) is 18.7 Å². The number of anilines is 3. The minimum atomic E-state index is -4.66. The molecule has 2 aromatic heterocycles. The number of thiazole rings is 1. The molecule has 4 aromatic rings. The molecule has 7 rings (SSSR count). The van der Waals surface area contributed by atoms with E-state index in [1.807, 2.05) is 11.0 Å². The van der Waals surface area contributed by atoms with Crippen LogP contribution in [0.3, 0.4) is 0 Å². The summed E-state index contributed by atoms with van der Waals surface area (Å²) in [4.78, 5) is 14.9. The molecule has 0 amide bonds. The summed E-state index contributed by atoms with van der Waals surface area (Å²) >= 11 is 1.14. The topological polar surface area (TPSA) is 99.8 Å². The molecule has 3 aliphatic rings. The van der Waals surface area contributed by atoms with Crippen LogP contribution in [0.4, 0.5) is 38.5 Å². The van der Waals surface area contributed by atoms with Crippen LogP contribution in [-0.2, 0) is 6.42 Å². The maximum absolute atomic E-state index is 15.8. The van der Waals surface area contributed by atoms with Gasteiger partial charge >= 0.3 is 6.18 Å². The summed E-state index contributed by atoms with van der Waals surface area (Å²) < 4.78 is 67.6. The summed E-state index contributed by atoms with van der Waals surface area (Å²) in [5, 5.41) is 30.9. The third-order valence-electron chi connectivity index (χ3n) is 8.92. The summed E-state index contributed by atoms with van der Waals surface area (Å²) in [6.45, 7) is 1.40. The molecule has 2 saturated heterocycles. The lowest BCUT2D eigenvalue weighted by atomic mass is 9.72. The second-order valence-corrected chi connectivity index (χ2v) is 13.1. The van der Waals surface area contributed by atoms with Gasteiger partial charge in [0.05, 0.1) is 17.5 Å². The lowest BCUT2D eigenvalue weighted by Crippen LogP contribution is -2.73. The maximum Gasteiger partial charge on any atom is 0.415 e. The number of aliphatic hydroxyl groups excluding tert-OH is 2. The molecule has 0 saturated carbocycles. The molecule has 45 heavy (non-hydrogen) atoms. The van der Waals surface area contributed by atoms with E-state index in [-0.39, 0.29) is 10.9 Å². The highest BCUT2D eigenvalue weighted by Gasteiger charge is 2.53. The fraction of sp³-hybridized carbons (Fsp3) is 0.387. The first kappa shape index (κ1) is 29.8. The number of pyridine rings is 1. The van der Waals surface area contributed by atoms with Crippen molar-refractivity contribution < 1.29 is 32.2 Å². The molecule has 4 heterocycles. The van der Waals surface area contributed by atoms with Crippen molar-refractivity contribution in [3.63, 3.8) is 0 Å². The minimum absolute atomic E-state index is 0.0855. The minimum Gasteiger partial charge on any atom is -0.387 e. The van der Waals surface area contributed by atoms with Crippen molar-refractivity contribution in [2.24, 2.45) is 5.41 Å². The number of nitrogens with zero attached hydrogens (tertiary/aromatic N) is 6. The van der Waals surface area contributed by atoms with Crippen LogP contribution in [0.15, 0.2) is 36.4 Å². The number of halogens is 5. The van der Waals surface area contributed by atoms with E-state index in [0.29, 0.717) is 82.7 Å². The SMILES string of the molecule is CN(c1nc(-c2ccc(F)cc2)c(C#N)s1)c1c2c(nc3c(F)cc(N4CC5(CN(C[C@H](O)C(F)(F)F)C5)C4)cc13)C(O)CC2. The Morgan fingerprint density at radius 2 is 1.84 bits per heavy atom. The fourth-order valence-electron chi connectivity index (χ4n) is 6.81. The van der Waals surface area contributed by atoms with Gasteiger partial charge in [-0.2, -0.15) is 18.4 Å². The van der Waals surface area contributed by atoms with Gasteiger partial charge in [0.15, 0.2) is 17.1 Å². The van der Waals surface area contributed by atoms with Crippen LogP contribution in [0.5, 0.6) is 0 Å². The van der Waals surface area contributed by atoms with E-state index in [1.54, 1.807) is 29.0 Å². The van der Waals surface area contributed by atoms with Crippen LogP contribution in [0.2, 0.25) is 0 Å². The summed E-state index contributed by atoms with van der Waals surface area (Å²) in [6.07, 6.45) is -6.99. The summed E-state index contributed by atoms with van der Waals surface area (Å²) in [5.41, 5.74) is 3.19. The van der Waals surface area contributed by atoms with Crippen LogP contribution in [0.25, 0.3) is 22.2 Å². The third kappa shape index (κ3) is 5.07. The third-order valence-corrected chi connectivity index (χ3v) is 9.95. The fourth-order valence-corrected chi connectivity index (χ4v) is 7.66. The Bertz CT molecular complexity index is 1840. The van der Waals surface area contributed by atoms with Gasteiger partial charge in [-0.3, -0.25) is 4.90 Å². The Labute approximate surface area is 258 Å². The van der Waals surface area contributed by atoms with Crippen molar-refractivity contribution in [2.75, 3.05) is 49.6 Å². The standard InChI is InChI=1S/C31H27F5N6O2S/c1-40(29-39-25(23(10-37)45-29)16-2-4-17(32)5-3-16)28-19-6-7-22(43)27(19)38-26-20(28)8-18(9-21(26)33)42-14-30(15-42)12-41(13-30)11-24(44)31(34,35)36/h2-5,8-9,22,24,43-44H,6-7,11-15H2,1H3/t22?,24-/m0/s1. The van der Waals surface area contributed by atoms with Gasteiger partial charge in [-0.05, 0) is 49.2 Å². The van der Waals surface area contributed by atoms with E-state index in [2.05, 4.69) is 11.1 Å². The number of aliphatic hydroxyl groups is 2. The summed E-state index contributed by atoms with van der Waals surface area (Å²) in [6, 6.07) is 11.1. The quantitative estimate of drug-likeness (QED) is 0.274. The predicted molar refractivity (Wildman–Crippen MR) is 158 cm³/mol. The number of alkyl halides is 3. The van der Waals surface area contributed by atoms with Gasteiger partial charge in [0.2, 0.25) is 0 Å². The summed E-state index contributed by atoms with van der Waals surface area (Å²) in [5.74, 6) is -0.990. The van der Waals surface area contributed by atoms with Crippen LogP contribution < -0.4 is 9.80 Å². The predicted octanol–water partition coefficient (Wildman–Crippen LogP) is 5.30. The van der Waals surface area contributed by atoms with Crippen molar-refractivity contribution in [3.8, 4) is 17.3 Å². The molecule has 2 aromatic carbocycles. The van der Waals surface area contributed by atoms with Gasteiger partial charge < -0.3 is 20.0 Å². The second kappa shape index (κ2) is 10.6. The normalized spacial score (nSPS) is 19.7. The Balaban J connectivity index is 1.22. The molecule has 1 unspecified atom stereocenters. The largest absolute Gasteiger partial charge is 0.415 e. The zero-order chi connectivity index (χ0) is 31.8. The maximum atomic E-state index is 15.8. The monoisotopic (exact) mass is 642 g/mol. The highest BCUT2D eigenvalue weighted by Crippen LogP contribution is 2.47. The Hall–Kier alpha value is -3.90. The number of benzene rings is 2. The molecule has 2 aliphatic heterocycles. The zero-order valence-electron chi connectivity index (χ0n) is 23.9. The highest BCUT2D eigenvalue weighted by atomic mass is 32.1. The van der Waals surface area contributed by atoms with Crippen molar-refractivity contribution in [2.45, 2.75) is 31.2 Å². The zero-order valence-corrected chi connectivity index (χ0v) is 24.8.